The fourth-order valence-corrected chi connectivity index (χ4v) is 27.9. The summed E-state index contributed by atoms with van der Waals surface area (Å²) in [6.45, 7) is 45.1. The summed E-state index contributed by atoms with van der Waals surface area (Å²) in [7, 11) is -6.99. The summed E-state index contributed by atoms with van der Waals surface area (Å²) < 4.78 is 29.8. The van der Waals surface area contributed by atoms with E-state index in [1.165, 1.54) is 6.42 Å². The van der Waals surface area contributed by atoms with Gasteiger partial charge < -0.3 is 18.0 Å². The van der Waals surface area contributed by atoms with Gasteiger partial charge >= 0.3 is 5.97 Å². The van der Waals surface area contributed by atoms with Crippen LogP contribution in [0.4, 0.5) is 0 Å². The van der Waals surface area contributed by atoms with E-state index in [0.29, 0.717) is 49.9 Å². The minimum absolute atomic E-state index is 0.0404. The van der Waals surface area contributed by atoms with E-state index < -0.39 is 25.0 Å². The molecule has 1 aliphatic rings. The van der Waals surface area contributed by atoms with E-state index in [1.54, 1.807) is 6.08 Å². The van der Waals surface area contributed by atoms with Crippen molar-refractivity contribution in [1.82, 2.24) is 0 Å². The van der Waals surface area contributed by atoms with Crippen LogP contribution in [0.15, 0.2) is 12.2 Å². The van der Waals surface area contributed by atoms with Crippen LogP contribution in [0, 0.1) is 0 Å². The average Bonchev–Trinajstić information content (AvgIpc) is 3.03. The number of carbonyl (C=O) groups is 1. The number of esters is 1. The molecule has 0 aromatic carbocycles. The Labute approximate surface area is 334 Å². The van der Waals surface area contributed by atoms with Gasteiger partial charge in [-0.15, -0.1) is 0 Å². The summed E-state index contributed by atoms with van der Waals surface area (Å²) in [5.74, 6) is -0.236. The molecule has 1 rings (SSSR count). The first kappa shape index (κ1) is 50.8. The van der Waals surface area contributed by atoms with Crippen LogP contribution in [-0.2, 0) is 22.8 Å². The maximum Gasteiger partial charge on any atom is 0.330 e. The molecule has 1 unspecified atom stereocenters. The molecular weight excluding hydrogens is 705 g/mol. The third-order valence-electron chi connectivity index (χ3n) is 13.4. The first-order valence-corrected chi connectivity index (χ1v) is 28.9. The molecule has 0 saturated carbocycles. The Morgan fingerprint density at radius 1 is 0.585 bits per heavy atom. The number of cyclic esters (lactones) is 1. The lowest BCUT2D eigenvalue weighted by molar-refractivity contribution is -0.143. The first-order chi connectivity index (χ1) is 24.6. The molecule has 5 nitrogen and oxygen atoms in total. The van der Waals surface area contributed by atoms with Crippen molar-refractivity contribution in [3.8, 4) is 0 Å². The first-order valence-electron chi connectivity index (χ1n) is 22.5. The predicted molar refractivity (Wildman–Crippen MR) is 239 cm³/mol. The molecule has 0 radical (unpaired) electrons. The lowest BCUT2D eigenvalue weighted by Crippen LogP contribution is -2.57. The highest BCUT2D eigenvalue weighted by Crippen LogP contribution is 2.48. The number of hydrogen-bond acceptors (Lipinski definition) is 5. The van der Waals surface area contributed by atoms with Crippen molar-refractivity contribution in [3.05, 3.63) is 12.2 Å². The number of rotatable bonds is 19. The second-order valence-corrected chi connectivity index (χ2v) is 35.9. The van der Waals surface area contributed by atoms with Gasteiger partial charge in [0.05, 0.1) is 12.2 Å². The molecular formula is C45H92O5Si3. The van der Waals surface area contributed by atoms with E-state index in [4.69, 9.17) is 18.0 Å². The van der Waals surface area contributed by atoms with Gasteiger partial charge in [-0.25, -0.2) is 4.79 Å². The van der Waals surface area contributed by atoms with Gasteiger partial charge in [0, 0.05) is 18.6 Å². The van der Waals surface area contributed by atoms with Gasteiger partial charge in [-0.2, -0.15) is 0 Å². The lowest BCUT2D eigenvalue weighted by atomic mass is 9.99. The monoisotopic (exact) mass is 797 g/mol. The molecule has 4 atom stereocenters. The van der Waals surface area contributed by atoms with Gasteiger partial charge in [0.1, 0.15) is 6.10 Å². The van der Waals surface area contributed by atoms with Gasteiger partial charge in [-0.1, -0.05) is 157 Å². The normalized spacial score (nSPS) is 23.1. The molecule has 1 aliphatic heterocycles. The molecule has 8 heteroatoms. The summed E-state index contributed by atoms with van der Waals surface area (Å²) in [5, 5.41) is 0. The Kier molecular flexibility index (Phi) is 22.2. The van der Waals surface area contributed by atoms with Crippen molar-refractivity contribution in [2.24, 2.45) is 0 Å². The number of hydrogen-bond donors (Lipinski definition) is 0. The fourth-order valence-electron chi connectivity index (χ4n) is 11.2. The minimum Gasteiger partial charge on any atom is -0.459 e. The Bertz CT molecular complexity index is 985. The highest BCUT2D eigenvalue weighted by Gasteiger charge is 2.52. The zero-order valence-corrected chi connectivity index (χ0v) is 41.8. The van der Waals surface area contributed by atoms with E-state index in [9.17, 15) is 4.79 Å². The summed E-state index contributed by atoms with van der Waals surface area (Å²) in [6.07, 6.45) is 13.6. The largest absolute Gasteiger partial charge is 0.459 e. The van der Waals surface area contributed by atoms with Gasteiger partial charge in [-0.3, -0.25) is 0 Å². The summed E-state index contributed by atoms with van der Waals surface area (Å²) in [6, 6.07) is 0. The number of carbonyl (C=O) groups excluding carboxylic acids is 1. The van der Waals surface area contributed by atoms with Crippen LogP contribution < -0.4 is 0 Å². The van der Waals surface area contributed by atoms with Gasteiger partial charge in [-0.05, 0) is 88.1 Å². The molecule has 0 amide bonds. The minimum atomic E-state index is -2.40. The Balaban J connectivity index is 4.19. The Morgan fingerprint density at radius 3 is 1.43 bits per heavy atom. The second kappa shape index (κ2) is 23.2. The van der Waals surface area contributed by atoms with E-state index in [0.717, 1.165) is 57.8 Å². The highest BCUT2D eigenvalue weighted by molar-refractivity contribution is 6.78. The molecule has 0 spiro atoms. The van der Waals surface area contributed by atoms with Crippen LogP contribution in [0.1, 0.15) is 196 Å². The van der Waals surface area contributed by atoms with Gasteiger partial charge in [0.25, 0.3) is 0 Å². The molecule has 0 aliphatic carbocycles. The molecule has 53 heavy (non-hydrogen) atoms. The molecule has 1 heterocycles. The molecule has 0 bridgehead atoms. The fraction of sp³-hybridized carbons (Fsp3) is 0.933. The predicted octanol–water partition coefficient (Wildman–Crippen LogP) is 15.1. The topological polar surface area (TPSA) is 54.0 Å². The van der Waals surface area contributed by atoms with Crippen molar-refractivity contribution in [1.29, 1.82) is 0 Å². The molecule has 314 valence electrons. The van der Waals surface area contributed by atoms with Crippen molar-refractivity contribution in [2.75, 3.05) is 0 Å². The highest BCUT2D eigenvalue weighted by atomic mass is 28.4. The van der Waals surface area contributed by atoms with Crippen LogP contribution in [0.25, 0.3) is 0 Å². The second-order valence-electron chi connectivity index (χ2n) is 19.7. The smallest absolute Gasteiger partial charge is 0.330 e. The lowest BCUT2D eigenvalue weighted by Gasteiger charge is -2.50. The van der Waals surface area contributed by atoms with Crippen molar-refractivity contribution in [3.63, 3.8) is 0 Å². The quantitative estimate of drug-likeness (QED) is 0.0740. The van der Waals surface area contributed by atoms with Crippen molar-refractivity contribution >= 4 is 30.9 Å². The molecule has 0 N–H and O–H groups in total. The van der Waals surface area contributed by atoms with Crippen LogP contribution in [0.5, 0.6) is 0 Å². The molecule has 0 fully saturated rings. The van der Waals surface area contributed by atoms with E-state index in [-0.39, 0.29) is 30.4 Å². The Hall–Kier alpha value is -0.259. The van der Waals surface area contributed by atoms with E-state index in [2.05, 4.69) is 138 Å². The standard InChI is InChI=1S/C45H92O5Si3/c1-20-21-23-26-41-27-24-22-25-28-42(48-51(32(2)3,33(4)5)34(6)7)31-44(50-53(38(14)15,39(16)17)40(18)19)43(29-30-45(46)47-41)49-52(35(8)9,36(10)11)37(12)13/h29-30,32-44H,20-28,31H2,1-19H3/b30-29+/t41?,42-,43-,44+/m1/s1. The number of ether oxygens (including phenoxy) is 1. The van der Waals surface area contributed by atoms with E-state index >= 15 is 0 Å². The zero-order chi connectivity index (χ0) is 40.9. The van der Waals surface area contributed by atoms with Crippen LogP contribution in [-0.4, -0.2) is 55.3 Å². The van der Waals surface area contributed by atoms with Crippen LogP contribution in [0.2, 0.25) is 49.9 Å². The van der Waals surface area contributed by atoms with Gasteiger partial charge in [0.2, 0.25) is 25.0 Å². The molecule has 0 aromatic rings. The third kappa shape index (κ3) is 13.1. The average molecular weight is 797 g/mol. The van der Waals surface area contributed by atoms with Crippen LogP contribution >= 0.6 is 0 Å². The summed E-state index contributed by atoms with van der Waals surface area (Å²) >= 11 is 0. The Morgan fingerprint density at radius 2 is 1.00 bits per heavy atom. The summed E-state index contributed by atoms with van der Waals surface area (Å²) in [5.41, 5.74) is 3.96. The molecule has 0 aromatic heterocycles. The maximum absolute atomic E-state index is 13.8. The van der Waals surface area contributed by atoms with Crippen molar-refractivity contribution < 1.29 is 22.8 Å². The van der Waals surface area contributed by atoms with E-state index in [1.807, 2.05) is 0 Å². The SMILES string of the molecule is CCCCCC1CCCCC[C@@H](O[Si](C(C)C)(C(C)C)C(C)C)C[C@H](O[Si](C(C)C)(C(C)C)C(C)C)[C@H](O[Si](C(C)C)(C(C)C)C(C)C)/C=C/C(=O)O1. The van der Waals surface area contributed by atoms with Crippen LogP contribution in [0.3, 0.4) is 0 Å². The maximum atomic E-state index is 13.8. The van der Waals surface area contributed by atoms with Gasteiger partial charge in [0.15, 0.2) is 0 Å². The molecule has 0 saturated heterocycles. The van der Waals surface area contributed by atoms with Crippen molar-refractivity contribution in [2.45, 2.75) is 270 Å². The number of unbranched alkanes of at least 4 members (excludes halogenated alkanes) is 2. The third-order valence-corrected chi connectivity index (χ3v) is 31.8. The zero-order valence-electron chi connectivity index (χ0n) is 38.8. The summed E-state index contributed by atoms with van der Waals surface area (Å²) in [4.78, 5) is 13.8.